The zero-order valence-electron chi connectivity index (χ0n) is 54.2. The third-order valence-corrected chi connectivity index (χ3v) is 14.3. The number of carbonyl (C=O) groups excluding carboxylic acids is 1. The Bertz CT molecular complexity index is 4420. The summed E-state index contributed by atoms with van der Waals surface area (Å²) in [5, 5.41) is 88.2. The van der Waals surface area contributed by atoms with Crippen LogP contribution in [0.3, 0.4) is 0 Å². The largest absolute Gasteiger partial charge is 0.508 e. The molecule has 18 nitrogen and oxygen atoms in total. The average molecular weight is 1300 g/mol. The second-order valence-corrected chi connectivity index (χ2v) is 21.8. The minimum atomic E-state index is -0.956. The van der Waals surface area contributed by atoms with Gasteiger partial charge in [-0.2, -0.15) is 0 Å². The summed E-state index contributed by atoms with van der Waals surface area (Å²) in [6, 6.07) is 62.1. The summed E-state index contributed by atoms with van der Waals surface area (Å²) in [6.07, 6.45) is 12.2. The van der Waals surface area contributed by atoms with Gasteiger partial charge in [0, 0.05) is 94.1 Å². The Balaban J connectivity index is 0.000000192. The Morgan fingerprint density at radius 3 is 1.41 bits per heavy atom. The first-order valence-electron chi connectivity index (χ1n) is 30.3. The van der Waals surface area contributed by atoms with Crippen molar-refractivity contribution in [2.24, 2.45) is 4.99 Å². The lowest BCUT2D eigenvalue weighted by Crippen LogP contribution is -2.04. The van der Waals surface area contributed by atoms with Gasteiger partial charge in [0.05, 0.1) is 44.1 Å². The number of anilines is 4. The Morgan fingerprint density at radius 1 is 0.464 bits per heavy atom. The predicted octanol–water partition coefficient (Wildman–Crippen LogP) is 14.7. The van der Waals surface area contributed by atoms with Crippen molar-refractivity contribution in [1.82, 2.24) is 0 Å². The van der Waals surface area contributed by atoms with Gasteiger partial charge in [-0.1, -0.05) is 101 Å². The van der Waals surface area contributed by atoms with Crippen LogP contribution < -0.4 is 26.0 Å². The number of aromatic carboxylic acids is 1. The number of aryl methyl sites for hydroxylation is 3. The molecule has 0 fully saturated rings. The Morgan fingerprint density at radius 2 is 0.907 bits per heavy atom. The van der Waals surface area contributed by atoms with Crippen LogP contribution in [0.15, 0.2) is 217 Å². The number of phenolic OH excluding ortho intramolecular Hbond substituents is 5. The summed E-state index contributed by atoms with van der Waals surface area (Å²) in [7, 11) is 2.92. The van der Waals surface area contributed by atoms with E-state index < -0.39 is 17.9 Å². The molecule has 0 bridgehead atoms. The second-order valence-electron chi connectivity index (χ2n) is 21.8. The molecule has 0 saturated carbocycles. The fourth-order valence-electron chi connectivity index (χ4n) is 9.13. The molecule has 97 heavy (non-hydrogen) atoms. The zero-order chi connectivity index (χ0) is 70.2. The van der Waals surface area contributed by atoms with Crippen molar-refractivity contribution in [2.45, 2.75) is 60.0 Å². The quantitative estimate of drug-likeness (QED) is 0.0192. The number of terminal acetylenes is 2. The Labute approximate surface area is 564 Å². The molecule has 0 aliphatic rings. The van der Waals surface area contributed by atoms with E-state index in [1.54, 1.807) is 98.3 Å². The van der Waals surface area contributed by atoms with E-state index >= 15 is 0 Å². The van der Waals surface area contributed by atoms with Crippen molar-refractivity contribution in [3.63, 3.8) is 0 Å². The number of hydrogen-bond donors (Lipinski definition) is 12. The van der Waals surface area contributed by atoms with E-state index in [0.29, 0.717) is 71.3 Å². The number of benzene rings is 10. The first kappa shape index (κ1) is 73.4. The maximum absolute atomic E-state index is 11.5. The van der Waals surface area contributed by atoms with Crippen LogP contribution in [0.5, 0.6) is 34.5 Å². The van der Waals surface area contributed by atoms with Crippen molar-refractivity contribution in [3.05, 3.63) is 290 Å². The lowest BCUT2D eigenvalue weighted by Gasteiger charge is -2.10. The molecule has 0 spiro atoms. The number of aromatic hydroxyl groups is 5. The summed E-state index contributed by atoms with van der Waals surface area (Å²) < 4.78 is 9.79. The maximum Gasteiger partial charge on any atom is 0.337 e. The number of rotatable bonds is 20. The van der Waals surface area contributed by atoms with Crippen molar-refractivity contribution in [3.8, 4) is 59.2 Å². The first-order chi connectivity index (χ1) is 46.6. The Hall–Kier alpha value is -12.6. The summed E-state index contributed by atoms with van der Waals surface area (Å²) in [6.45, 7) is 7.78. The average Bonchev–Trinajstić information content (AvgIpc) is 1.02. The highest BCUT2D eigenvalue weighted by Crippen LogP contribution is 2.27. The lowest BCUT2D eigenvalue weighted by atomic mass is 10.1. The van der Waals surface area contributed by atoms with E-state index in [0.717, 1.165) is 67.1 Å². The van der Waals surface area contributed by atoms with Gasteiger partial charge in [0.1, 0.15) is 34.5 Å². The van der Waals surface area contributed by atoms with Crippen LogP contribution in [0.1, 0.15) is 87.5 Å². The maximum atomic E-state index is 11.5. The highest BCUT2D eigenvalue weighted by atomic mass is 16.5. The van der Waals surface area contributed by atoms with E-state index in [1.807, 2.05) is 130 Å². The van der Waals surface area contributed by atoms with E-state index in [9.17, 15) is 39.9 Å². The molecule has 0 heterocycles. The van der Waals surface area contributed by atoms with Crippen molar-refractivity contribution < 1.29 is 64.7 Å². The number of carbonyl (C=O) groups is 3. The van der Waals surface area contributed by atoms with E-state index in [-0.39, 0.29) is 41.6 Å². The number of aliphatic hydroxyl groups excluding tert-OH is 1. The zero-order valence-corrected chi connectivity index (χ0v) is 54.2. The SMILES string of the molecule is C#Cc1cccc(NCc2cc(C(=O)OC)ccc2O)c1.C#Cc1cccc(NCc2cc(OC)ccc2O)c1.Cc1ccc(O)c(C=Nc2cccc(CC(=O)O)c2)c1.Cc1ccc(O)c(CNc2cccc(C(=O)O)c2)c1.Cc1ccc(O)c(CNc2cccc(CO)c2)c1. The molecule has 0 amide bonds. The molecule has 18 heteroatoms. The number of nitrogens with zero attached hydrogens (tertiary/aromatic N) is 1. The normalized spacial score (nSPS) is 10.1. The number of aliphatic carboxylic acids is 1. The van der Waals surface area contributed by atoms with Crippen molar-refractivity contribution >= 4 is 52.6 Å². The predicted molar refractivity (Wildman–Crippen MR) is 381 cm³/mol. The number of phenols is 5. The first-order valence-corrected chi connectivity index (χ1v) is 30.3. The molecule has 12 N–H and O–H groups in total. The van der Waals surface area contributed by atoms with Crippen LogP contribution in [-0.2, 0) is 48.7 Å². The number of carboxylic acid groups (broad SMARTS) is 2. The van der Waals surface area contributed by atoms with Crippen molar-refractivity contribution in [1.29, 1.82) is 0 Å². The molecule has 10 rings (SSSR count). The minimum Gasteiger partial charge on any atom is -0.508 e. The molecular weight excluding hydrogens is 1230 g/mol. The van der Waals surface area contributed by atoms with Gasteiger partial charge < -0.3 is 71.6 Å². The monoisotopic (exact) mass is 1300 g/mol. The van der Waals surface area contributed by atoms with Gasteiger partial charge in [0.25, 0.3) is 0 Å². The van der Waals surface area contributed by atoms with Crippen LogP contribution in [0.4, 0.5) is 28.4 Å². The third-order valence-electron chi connectivity index (χ3n) is 14.3. The molecule has 0 radical (unpaired) electrons. The van der Waals surface area contributed by atoms with Crippen LogP contribution in [0.2, 0.25) is 0 Å². The van der Waals surface area contributed by atoms with Crippen LogP contribution >= 0.6 is 0 Å². The smallest absolute Gasteiger partial charge is 0.337 e. The summed E-state index contributed by atoms with van der Waals surface area (Å²) in [5.74, 6) is 4.64. The number of aliphatic imine (C=N–C) groups is 1. The van der Waals surface area contributed by atoms with E-state index in [2.05, 4.69) is 42.8 Å². The van der Waals surface area contributed by atoms with Gasteiger partial charge in [0.2, 0.25) is 0 Å². The third kappa shape index (κ3) is 24.7. The molecule has 0 aromatic heterocycles. The number of esters is 1. The van der Waals surface area contributed by atoms with Crippen LogP contribution in [-0.4, -0.2) is 79.2 Å². The van der Waals surface area contributed by atoms with Gasteiger partial charge in [-0.05, 0) is 171 Å². The topological polar surface area (TPSA) is 292 Å². The minimum absolute atomic E-state index is 0.0287. The molecule has 0 aliphatic carbocycles. The van der Waals surface area contributed by atoms with E-state index in [1.165, 1.54) is 25.3 Å². The number of methoxy groups -OCH3 is 2. The molecule has 0 unspecified atom stereocenters. The molecule has 496 valence electrons. The van der Waals surface area contributed by atoms with Gasteiger partial charge in [-0.15, -0.1) is 12.8 Å². The lowest BCUT2D eigenvalue weighted by molar-refractivity contribution is -0.136. The number of hydrogen-bond acceptors (Lipinski definition) is 16. The fraction of sp³-hybridized carbons (Fsp3) is 0.139. The molecule has 10 aromatic carbocycles. The summed E-state index contributed by atoms with van der Waals surface area (Å²) in [4.78, 5) is 37.3. The molecular formula is C79H77N5O13. The fourth-order valence-corrected chi connectivity index (χ4v) is 9.13. The van der Waals surface area contributed by atoms with Gasteiger partial charge in [0.15, 0.2) is 0 Å². The number of ether oxygens (including phenoxy) is 2. The number of nitrogens with one attached hydrogen (secondary N) is 4. The molecule has 0 aliphatic heterocycles. The molecule has 10 aromatic rings. The summed E-state index contributed by atoms with van der Waals surface area (Å²) in [5.41, 5.74) is 14.7. The van der Waals surface area contributed by atoms with Gasteiger partial charge in [-0.25, -0.2) is 9.59 Å². The van der Waals surface area contributed by atoms with E-state index in [4.69, 9.17) is 32.9 Å². The van der Waals surface area contributed by atoms with Crippen LogP contribution in [0, 0.1) is 45.5 Å². The van der Waals surface area contributed by atoms with Gasteiger partial charge in [-0.3, -0.25) is 9.79 Å². The molecule has 0 saturated heterocycles. The second kappa shape index (κ2) is 37.8. The summed E-state index contributed by atoms with van der Waals surface area (Å²) >= 11 is 0. The Kier molecular flexibility index (Phi) is 28.6. The molecule has 0 atom stereocenters. The van der Waals surface area contributed by atoms with Crippen molar-refractivity contribution in [2.75, 3.05) is 35.5 Å². The van der Waals surface area contributed by atoms with Gasteiger partial charge >= 0.3 is 17.9 Å². The highest BCUT2D eigenvalue weighted by Gasteiger charge is 2.11. The number of carboxylic acids is 2. The number of aliphatic hydroxyl groups is 1. The van der Waals surface area contributed by atoms with Crippen LogP contribution in [0.25, 0.3) is 0 Å². The standard InChI is InChI=1S/C17H15NO3.C16H15NO3.C16H15NO2.C15H15NO3.C15H17NO2/c1-3-12-5-4-6-15(9-12)18-11-14-10-13(17(20)21-2)7-8-16(14)19;1-11-5-6-15(18)13(7-11)10-17-14-4-2-3-12(8-14)9-16(19)20;1-3-12-5-4-6-14(9-12)17-11-13-10-15(19-2)7-8-16(13)18;1-10-5-6-14(17)12(7-10)9-16-13-4-2-3-11(8-13)15(18)19;1-11-5-6-15(18)13(7-11)9-16-14-4-2-3-12(8-14)10-17/h1,4-10,18-19H,11H2,2H3;2-8,10,18H,9H2,1H3,(H,19,20);1,4-10,17-18H,11H2,2H3;2-8,16-17H,9H2,1H3,(H,18,19);2-8,16-18H,9-10H2,1H3. The highest BCUT2D eigenvalue weighted by molar-refractivity contribution is 5.90.